The van der Waals surface area contributed by atoms with Crippen molar-refractivity contribution in [1.29, 1.82) is 0 Å². The summed E-state index contributed by atoms with van der Waals surface area (Å²) in [5.41, 5.74) is 0. The Bertz CT molecular complexity index is 250. The Morgan fingerprint density at radius 3 is 2.62 bits per heavy atom. The average molecular weight is 261 g/mol. The second-order valence-corrected chi connectivity index (χ2v) is 4.91. The average Bonchev–Trinajstić information content (AvgIpc) is 2.16. The van der Waals surface area contributed by atoms with Gasteiger partial charge in [0.1, 0.15) is 0 Å². The van der Waals surface area contributed by atoms with Gasteiger partial charge < -0.3 is 0 Å². The first-order valence-corrected chi connectivity index (χ1v) is 6.10. The maximum Gasteiger partial charge on any atom is 0.187 e. The van der Waals surface area contributed by atoms with Crippen molar-refractivity contribution < 1.29 is 0 Å². The zero-order valence-electron chi connectivity index (χ0n) is 7.83. The van der Waals surface area contributed by atoms with Gasteiger partial charge in [-0.15, -0.1) is 0 Å². The molecule has 0 saturated carbocycles. The van der Waals surface area contributed by atoms with E-state index in [2.05, 4.69) is 39.7 Å². The van der Waals surface area contributed by atoms with Gasteiger partial charge in [-0.25, -0.2) is 9.97 Å². The number of hydrogen-bond acceptors (Lipinski definition) is 3. The van der Waals surface area contributed by atoms with Gasteiger partial charge in [0.15, 0.2) is 5.16 Å². The normalized spacial score (nSPS) is 12.8. The topological polar surface area (TPSA) is 25.8 Å². The summed E-state index contributed by atoms with van der Waals surface area (Å²) in [5.74, 6) is 1.83. The largest absolute Gasteiger partial charge is 0.230 e. The van der Waals surface area contributed by atoms with E-state index in [1.54, 1.807) is 24.2 Å². The maximum absolute atomic E-state index is 4.19. The highest BCUT2D eigenvalue weighted by Gasteiger charge is 2.02. The van der Waals surface area contributed by atoms with E-state index >= 15 is 0 Å². The Labute approximate surface area is 91.7 Å². The molecule has 1 aromatic heterocycles. The van der Waals surface area contributed by atoms with E-state index in [1.807, 2.05) is 0 Å². The van der Waals surface area contributed by atoms with Crippen LogP contribution in [0.5, 0.6) is 0 Å². The van der Waals surface area contributed by atoms with Crippen LogP contribution in [0.25, 0.3) is 0 Å². The van der Waals surface area contributed by atoms with Crippen LogP contribution in [0.2, 0.25) is 0 Å². The van der Waals surface area contributed by atoms with Gasteiger partial charge in [-0.2, -0.15) is 0 Å². The van der Waals surface area contributed by atoms with Crippen LogP contribution >= 0.6 is 27.7 Å². The molecular formula is C9H13BrN2S. The van der Waals surface area contributed by atoms with E-state index in [0.29, 0.717) is 0 Å². The summed E-state index contributed by atoms with van der Waals surface area (Å²) in [6.07, 6.45) is 4.78. The van der Waals surface area contributed by atoms with Crippen molar-refractivity contribution in [3.8, 4) is 0 Å². The van der Waals surface area contributed by atoms with Crippen LogP contribution in [0, 0.1) is 5.92 Å². The Kier molecular flexibility index (Phi) is 4.73. The van der Waals surface area contributed by atoms with E-state index in [1.165, 1.54) is 6.42 Å². The second kappa shape index (κ2) is 5.60. The van der Waals surface area contributed by atoms with Crippen LogP contribution in [0.3, 0.4) is 0 Å². The zero-order valence-corrected chi connectivity index (χ0v) is 10.2. The summed E-state index contributed by atoms with van der Waals surface area (Å²) in [7, 11) is 0. The minimum Gasteiger partial charge on any atom is -0.230 e. The van der Waals surface area contributed by atoms with Crippen LogP contribution in [0.4, 0.5) is 0 Å². The first kappa shape index (κ1) is 11.0. The third-order valence-electron chi connectivity index (χ3n) is 1.79. The summed E-state index contributed by atoms with van der Waals surface area (Å²) in [6.45, 7) is 4.44. The van der Waals surface area contributed by atoms with Gasteiger partial charge in [-0.1, -0.05) is 32.0 Å². The standard InChI is InChI=1S/C9H13BrN2S/c1-3-7(2)6-13-9-11-4-8(10)5-12-9/h4-5,7H,3,6H2,1-2H3. The summed E-state index contributed by atoms with van der Waals surface area (Å²) in [4.78, 5) is 8.38. The van der Waals surface area contributed by atoms with Crippen LogP contribution in [-0.2, 0) is 0 Å². The second-order valence-electron chi connectivity index (χ2n) is 3.01. The van der Waals surface area contributed by atoms with Crippen LogP contribution in [-0.4, -0.2) is 15.7 Å². The predicted molar refractivity (Wildman–Crippen MR) is 59.9 cm³/mol. The minimum atomic E-state index is 0.734. The summed E-state index contributed by atoms with van der Waals surface area (Å²) < 4.78 is 0.931. The van der Waals surface area contributed by atoms with Crippen LogP contribution < -0.4 is 0 Å². The summed E-state index contributed by atoms with van der Waals surface area (Å²) in [6, 6.07) is 0. The first-order valence-electron chi connectivity index (χ1n) is 4.32. The van der Waals surface area contributed by atoms with E-state index in [-0.39, 0.29) is 0 Å². The molecule has 0 fully saturated rings. The molecule has 1 heterocycles. The quantitative estimate of drug-likeness (QED) is 0.613. The zero-order chi connectivity index (χ0) is 9.68. The molecule has 4 heteroatoms. The van der Waals surface area contributed by atoms with Gasteiger partial charge in [0.2, 0.25) is 0 Å². The summed E-state index contributed by atoms with van der Waals surface area (Å²) >= 11 is 5.02. The van der Waals surface area contributed by atoms with Crippen LogP contribution in [0.15, 0.2) is 22.0 Å². The van der Waals surface area contributed by atoms with Gasteiger partial charge in [-0.3, -0.25) is 0 Å². The Balaban J connectivity index is 2.41. The molecule has 0 radical (unpaired) electrons. The third-order valence-corrected chi connectivity index (χ3v) is 3.40. The number of halogens is 1. The molecule has 1 rings (SSSR count). The lowest BCUT2D eigenvalue weighted by Crippen LogP contribution is -1.96. The maximum atomic E-state index is 4.19. The molecular weight excluding hydrogens is 248 g/mol. The Morgan fingerprint density at radius 2 is 2.08 bits per heavy atom. The van der Waals surface area contributed by atoms with Crippen LogP contribution in [0.1, 0.15) is 20.3 Å². The van der Waals surface area contributed by atoms with Gasteiger partial charge in [0, 0.05) is 18.1 Å². The monoisotopic (exact) mass is 260 g/mol. The fraction of sp³-hybridized carbons (Fsp3) is 0.556. The Morgan fingerprint density at radius 1 is 1.46 bits per heavy atom. The van der Waals surface area contributed by atoms with Crippen molar-refractivity contribution in [3.63, 3.8) is 0 Å². The van der Waals surface area contributed by atoms with Crippen molar-refractivity contribution >= 4 is 27.7 Å². The smallest absolute Gasteiger partial charge is 0.187 e. The van der Waals surface area contributed by atoms with Gasteiger partial charge >= 0.3 is 0 Å². The van der Waals surface area contributed by atoms with Crippen molar-refractivity contribution in [2.45, 2.75) is 25.4 Å². The number of nitrogens with zero attached hydrogens (tertiary/aromatic N) is 2. The highest BCUT2D eigenvalue weighted by Crippen LogP contribution is 2.18. The minimum absolute atomic E-state index is 0.734. The summed E-state index contributed by atoms with van der Waals surface area (Å²) in [5, 5.41) is 0.864. The number of rotatable bonds is 4. The molecule has 0 aromatic carbocycles. The highest BCUT2D eigenvalue weighted by atomic mass is 79.9. The van der Waals surface area contributed by atoms with E-state index < -0.39 is 0 Å². The number of thioether (sulfide) groups is 1. The van der Waals surface area contributed by atoms with Gasteiger partial charge in [0.25, 0.3) is 0 Å². The molecule has 0 N–H and O–H groups in total. The molecule has 1 unspecified atom stereocenters. The molecule has 0 bridgehead atoms. The van der Waals surface area contributed by atoms with Gasteiger partial charge in [0.05, 0.1) is 4.47 Å². The van der Waals surface area contributed by atoms with Crippen molar-refractivity contribution in [3.05, 3.63) is 16.9 Å². The number of aromatic nitrogens is 2. The van der Waals surface area contributed by atoms with Gasteiger partial charge in [-0.05, 0) is 21.8 Å². The lowest BCUT2D eigenvalue weighted by Gasteiger charge is -2.05. The fourth-order valence-electron chi connectivity index (χ4n) is 0.710. The molecule has 0 aliphatic rings. The molecule has 0 spiro atoms. The predicted octanol–water partition coefficient (Wildman–Crippen LogP) is 3.38. The molecule has 1 aromatic rings. The SMILES string of the molecule is CCC(C)CSc1ncc(Br)cn1. The van der Waals surface area contributed by atoms with Crippen molar-refractivity contribution in [1.82, 2.24) is 9.97 Å². The third kappa shape index (κ3) is 4.09. The molecule has 13 heavy (non-hydrogen) atoms. The van der Waals surface area contributed by atoms with Crippen molar-refractivity contribution in [2.24, 2.45) is 5.92 Å². The lowest BCUT2D eigenvalue weighted by molar-refractivity contribution is 0.636. The lowest BCUT2D eigenvalue weighted by atomic mass is 10.2. The highest BCUT2D eigenvalue weighted by molar-refractivity contribution is 9.10. The molecule has 0 saturated heterocycles. The molecule has 72 valence electrons. The molecule has 2 nitrogen and oxygen atoms in total. The number of hydrogen-bond donors (Lipinski definition) is 0. The molecule has 0 aliphatic heterocycles. The van der Waals surface area contributed by atoms with Crippen molar-refractivity contribution in [2.75, 3.05) is 5.75 Å². The van der Waals surface area contributed by atoms with E-state index in [0.717, 1.165) is 21.3 Å². The molecule has 1 atom stereocenters. The fourth-order valence-corrected chi connectivity index (χ4v) is 1.84. The molecule has 0 aliphatic carbocycles. The van der Waals surface area contributed by atoms with E-state index in [4.69, 9.17) is 0 Å². The molecule has 0 amide bonds. The Hall–Kier alpha value is -0.0900. The van der Waals surface area contributed by atoms with E-state index in [9.17, 15) is 0 Å². The first-order chi connectivity index (χ1) is 6.22.